The minimum absolute atomic E-state index is 0. The Morgan fingerprint density at radius 1 is 1.33 bits per heavy atom. The van der Waals surface area contributed by atoms with Gasteiger partial charge in [-0.25, -0.2) is 0 Å². The summed E-state index contributed by atoms with van der Waals surface area (Å²) in [6.07, 6.45) is 0. The molecule has 2 heteroatoms. The molecule has 0 heterocycles. The minimum Gasteiger partial charge on any atom is -0.331 e. The molecule has 1 atom stereocenters. The zero-order valence-electron chi connectivity index (χ0n) is 6.72. The molecule has 1 nitrogen and oxygen atoms in total. The third-order valence-electron chi connectivity index (χ3n) is 1.44. The second kappa shape index (κ2) is 7.17. The van der Waals surface area contributed by atoms with Gasteiger partial charge in [-0.1, -0.05) is 20.8 Å². The Morgan fingerprint density at radius 3 is 1.67 bits per heavy atom. The second-order valence-corrected chi connectivity index (χ2v) is 2.07. The van der Waals surface area contributed by atoms with Crippen LogP contribution in [0.15, 0.2) is 0 Å². The number of hydrogen-bond donors (Lipinski definition) is 0. The van der Waals surface area contributed by atoms with Crippen LogP contribution in [-0.2, 0) is 32.7 Å². The quantitative estimate of drug-likeness (QED) is 0.629. The van der Waals surface area contributed by atoms with Crippen LogP contribution in [0.5, 0.6) is 0 Å². The maximum atomic E-state index is 3.91. The third kappa shape index (κ3) is 5.51. The maximum absolute atomic E-state index is 3.91. The van der Waals surface area contributed by atoms with Gasteiger partial charge in [0.15, 0.2) is 0 Å². The molecule has 1 radical (unpaired) electrons. The summed E-state index contributed by atoms with van der Waals surface area (Å²) in [5, 5.41) is 0. The van der Waals surface area contributed by atoms with Gasteiger partial charge in [-0.3, -0.25) is 0 Å². The molecule has 1 unspecified atom stereocenters. The van der Waals surface area contributed by atoms with Crippen LogP contribution in [0, 0.1) is 6.92 Å². The van der Waals surface area contributed by atoms with E-state index in [0.29, 0.717) is 6.04 Å². The van der Waals surface area contributed by atoms with Crippen molar-refractivity contribution in [2.24, 2.45) is 0 Å². The smallest absolute Gasteiger partial charge is 0 e. The summed E-state index contributed by atoms with van der Waals surface area (Å²) >= 11 is 0. The Hall–Kier alpha value is 1.06. The monoisotopic (exact) mass is 203 g/mol. The molecule has 0 aromatic carbocycles. The fourth-order valence-electron chi connectivity index (χ4n) is 0.847. The number of hydrogen-bond acceptors (Lipinski definition) is 1. The second-order valence-electron chi connectivity index (χ2n) is 2.07. The van der Waals surface area contributed by atoms with Gasteiger partial charge in [-0.2, -0.15) is 0 Å². The van der Waals surface area contributed by atoms with Gasteiger partial charge in [0.25, 0.3) is 0 Å². The van der Waals surface area contributed by atoms with Crippen molar-refractivity contribution in [3.8, 4) is 0 Å². The van der Waals surface area contributed by atoms with Crippen LogP contribution in [0.1, 0.15) is 20.8 Å². The normalized spacial score (nSPS) is 13.0. The van der Waals surface area contributed by atoms with Gasteiger partial charge >= 0.3 is 0 Å². The van der Waals surface area contributed by atoms with Gasteiger partial charge in [0.1, 0.15) is 0 Å². The van der Waals surface area contributed by atoms with E-state index < -0.39 is 0 Å². The van der Waals surface area contributed by atoms with Crippen LogP contribution in [0.25, 0.3) is 0 Å². The standard InChI is InChI=1S/C7H16N.Y/c1-5-8(6-2)7(3)4;/h7H,3,5-6H2,1-2,4H3;/q-1;. The molecule has 0 bridgehead atoms. The first kappa shape index (κ1) is 12.7. The molecule has 0 aromatic heterocycles. The molecule has 0 fully saturated rings. The van der Waals surface area contributed by atoms with Crippen molar-refractivity contribution in [1.29, 1.82) is 0 Å². The first-order chi connectivity index (χ1) is 3.72. The molecule has 9 heavy (non-hydrogen) atoms. The minimum atomic E-state index is 0. The van der Waals surface area contributed by atoms with Crippen molar-refractivity contribution in [3.05, 3.63) is 6.92 Å². The molecule has 0 N–H and O–H groups in total. The van der Waals surface area contributed by atoms with Crippen molar-refractivity contribution < 1.29 is 32.7 Å². The van der Waals surface area contributed by atoms with Gasteiger partial charge in [0.05, 0.1) is 0 Å². The summed E-state index contributed by atoms with van der Waals surface area (Å²) in [6.45, 7) is 12.6. The molecule has 0 spiro atoms. The van der Waals surface area contributed by atoms with Crippen LogP contribution in [0.2, 0.25) is 0 Å². The van der Waals surface area contributed by atoms with Crippen LogP contribution >= 0.6 is 0 Å². The Kier molecular flexibility index (Phi) is 10.1. The fourth-order valence-corrected chi connectivity index (χ4v) is 0.847. The fraction of sp³-hybridized carbons (Fsp3) is 0.857. The van der Waals surface area contributed by atoms with E-state index in [-0.39, 0.29) is 32.7 Å². The van der Waals surface area contributed by atoms with E-state index in [1.54, 1.807) is 0 Å². The topological polar surface area (TPSA) is 3.24 Å². The molecule has 0 aliphatic rings. The average molecular weight is 203 g/mol. The maximum Gasteiger partial charge on any atom is 0 e. The molecular formula is C7H16NY-. The first-order valence-electron chi connectivity index (χ1n) is 3.29. The van der Waals surface area contributed by atoms with Crippen LogP contribution < -0.4 is 0 Å². The van der Waals surface area contributed by atoms with E-state index in [9.17, 15) is 0 Å². The van der Waals surface area contributed by atoms with Crippen LogP contribution in [0.4, 0.5) is 0 Å². The third-order valence-corrected chi connectivity index (χ3v) is 1.44. The van der Waals surface area contributed by atoms with Gasteiger partial charge in [0, 0.05) is 32.7 Å². The average Bonchev–Trinajstić information content (AvgIpc) is 1.69. The van der Waals surface area contributed by atoms with E-state index in [0.717, 1.165) is 13.1 Å². The molecular weight excluding hydrogens is 187 g/mol. The van der Waals surface area contributed by atoms with Crippen molar-refractivity contribution in [2.75, 3.05) is 13.1 Å². The van der Waals surface area contributed by atoms with Crippen molar-refractivity contribution in [3.63, 3.8) is 0 Å². The molecule has 0 aliphatic carbocycles. The summed E-state index contributed by atoms with van der Waals surface area (Å²) in [5.74, 6) is 0. The predicted octanol–water partition coefficient (Wildman–Crippen LogP) is 1.55. The summed E-state index contributed by atoms with van der Waals surface area (Å²) in [6, 6.07) is 0.463. The number of nitrogens with zero attached hydrogens (tertiary/aromatic N) is 1. The Labute approximate surface area is 84.1 Å². The van der Waals surface area contributed by atoms with Crippen molar-refractivity contribution in [1.82, 2.24) is 4.90 Å². The van der Waals surface area contributed by atoms with E-state index in [2.05, 4.69) is 32.6 Å². The molecule has 0 aromatic rings. The van der Waals surface area contributed by atoms with Gasteiger partial charge in [-0.15, -0.1) is 6.04 Å². The molecule has 0 saturated carbocycles. The predicted molar refractivity (Wildman–Crippen MR) is 37.7 cm³/mol. The molecule has 0 amide bonds. The summed E-state index contributed by atoms with van der Waals surface area (Å²) in [7, 11) is 0. The SMILES string of the molecule is [CH2-]C(C)N(CC)CC.[Y]. The van der Waals surface area contributed by atoms with Crippen LogP contribution in [0.3, 0.4) is 0 Å². The first-order valence-corrected chi connectivity index (χ1v) is 3.29. The van der Waals surface area contributed by atoms with Crippen LogP contribution in [-0.4, -0.2) is 24.0 Å². The van der Waals surface area contributed by atoms with Gasteiger partial charge < -0.3 is 11.8 Å². The zero-order valence-corrected chi connectivity index (χ0v) is 9.56. The van der Waals surface area contributed by atoms with Gasteiger partial charge in [0.2, 0.25) is 0 Å². The van der Waals surface area contributed by atoms with Crippen molar-refractivity contribution >= 4 is 0 Å². The Morgan fingerprint density at radius 2 is 1.67 bits per heavy atom. The Balaban J connectivity index is 0. The molecule has 0 saturated heterocycles. The van der Waals surface area contributed by atoms with Gasteiger partial charge in [-0.05, 0) is 13.1 Å². The largest absolute Gasteiger partial charge is 0.331 e. The van der Waals surface area contributed by atoms with Crippen molar-refractivity contribution in [2.45, 2.75) is 26.8 Å². The summed E-state index contributed by atoms with van der Waals surface area (Å²) in [5.41, 5.74) is 0. The molecule has 0 aliphatic heterocycles. The summed E-state index contributed by atoms with van der Waals surface area (Å²) in [4.78, 5) is 2.31. The Bertz CT molecular complexity index is 50.9. The van der Waals surface area contributed by atoms with E-state index >= 15 is 0 Å². The molecule has 0 rings (SSSR count). The number of rotatable bonds is 3. The van der Waals surface area contributed by atoms with E-state index in [1.165, 1.54) is 0 Å². The zero-order chi connectivity index (χ0) is 6.57. The molecule has 53 valence electrons. The summed E-state index contributed by atoms with van der Waals surface area (Å²) < 4.78 is 0. The van der Waals surface area contributed by atoms with E-state index in [1.807, 2.05) is 0 Å². The van der Waals surface area contributed by atoms with E-state index in [4.69, 9.17) is 0 Å².